The normalized spacial score (nSPS) is 20.0. The molecule has 0 bridgehead atoms. The van der Waals surface area contributed by atoms with Crippen molar-refractivity contribution < 1.29 is 0 Å². The van der Waals surface area contributed by atoms with E-state index in [1.165, 1.54) is 54.4 Å². The van der Waals surface area contributed by atoms with E-state index in [1.54, 1.807) is 5.56 Å². The van der Waals surface area contributed by atoms with Gasteiger partial charge in [-0.2, -0.15) is 0 Å². The summed E-state index contributed by atoms with van der Waals surface area (Å²) in [6.45, 7) is 3.40. The number of hydrogen-bond donors (Lipinski definition) is 0. The molecule has 1 fully saturated rings. The van der Waals surface area contributed by atoms with Crippen molar-refractivity contribution in [3.05, 3.63) is 59.2 Å². The van der Waals surface area contributed by atoms with E-state index in [9.17, 15) is 0 Å². The summed E-state index contributed by atoms with van der Waals surface area (Å²) in [5.74, 6) is 0.581. The van der Waals surface area contributed by atoms with E-state index >= 15 is 0 Å². The zero-order valence-electron chi connectivity index (χ0n) is 14.4. The van der Waals surface area contributed by atoms with Gasteiger partial charge in [0.05, 0.1) is 0 Å². The molecule has 0 aromatic heterocycles. The molecule has 0 aliphatic heterocycles. The first-order valence-electron chi connectivity index (χ1n) is 9.20. The second-order valence-electron chi connectivity index (χ2n) is 7.32. The average molecular weight is 305 g/mol. The van der Waals surface area contributed by atoms with Gasteiger partial charge < -0.3 is 0 Å². The fourth-order valence-electron chi connectivity index (χ4n) is 4.66. The Kier molecular flexibility index (Phi) is 3.98. The van der Waals surface area contributed by atoms with E-state index in [-0.39, 0.29) is 0 Å². The molecule has 2 aromatic carbocycles. The second kappa shape index (κ2) is 6.13. The topological polar surface area (TPSA) is 3.24 Å². The van der Waals surface area contributed by atoms with Crippen LogP contribution >= 0.6 is 0 Å². The van der Waals surface area contributed by atoms with Crippen molar-refractivity contribution in [2.45, 2.75) is 57.5 Å². The molecule has 23 heavy (non-hydrogen) atoms. The van der Waals surface area contributed by atoms with Crippen molar-refractivity contribution in [2.24, 2.45) is 0 Å². The lowest BCUT2D eigenvalue weighted by Crippen LogP contribution is -2.28. The first kappa shape index (κ1) is 15.0. The summed E-state index contributed by atoms with van der Waals surface area (Å²) in [7, 11) is 2.30. The van der Waals surface area contributed by atoms with Gasteiger partial charge in [-0.1, -0.05) is 62.2 Å². The lowest BCUT2D eigenvalue weighted by Gasteiger charge is -2.24. The molecule has 0 saturated heterocycles. The molecule has 1 atom stereocenters. The minimum Gasteiger partial charge on any atom is -0.299 e. The van der Waals surface area contributed by atoms with Gasteiger partial charge >= 0.3 is 0 Å². The van der Waals surface area contributed by atoms with E-state index in [1.807, 2.05) is 0 Å². The third-order valence-corrected chi connectivity index (χ3v) is 5.91. The summed E-state index contributed by atoms with van der Waals surface area (Å²) in [5, 5.41) is 0. The molecule has 120 valence electrons. The molecule has 1 saturated carbocycles. The Morgan fingerprint density at radius 2 is 1.70 bits per heavy atom. The summed E-state index contributed by atoms with van der Waals surface area (Å²) in [5.41, 5.74) is 7.45. The number of benzene rings is 2. The van der Waals surface area contributed by atoms with E-state index in [0.29, 0.717) is 5.92 Å². The first-order valence-corrected chi connectivity index (χ1v) is 9.20. The molecule has 0 radical (unpaired) electrons. The van der Waals surface area contributed by atoms with Gasteiger partial charge in [0, 0.05) is 18.5 Å². The maximum atomic E-state index is 2.57. The molecule has 0 spiro atoms. The summed E-state index contributed by atoms with van der Waals surface area (Å²) < 4.78 is 0. The Balaban J connectivity index is 1.63. The zero-order chi connectivity index (χ0) is 15.8. The van der Waals surface area contributed by atoms with Crippen LogP contribution in [0.2, 0.25) is 0 Å². The summed E-state index contributed by atoms with van der Waals surface area (Å²) >= 11 is 0. The van der Waals surface area contributed by atoms with Gasteiger partial charge in [0.25, 0.3) is 0 Å². The molecule has 1 unspecified atom stereocenters. The maximum absolute atomic E-state index is 2.57. The van der Waals surface area contributed by atoms with Crippen molar-refractivity contribution in [1.82, 2.24) is 4.90 Å². The molecular formula is C22H27N. The molecule has 0 amide bonds. The van der Waals surface area contributed by atoms with E-state index < -0.39 is 0 Å². The highest BCUT2D eigenvalue weighted by Gasteiger charge is 2.27. The van der Waals surface area contributed by atoms with Crippen LogP contribution in [0.4, 0.5) is 0 Å². The molecule has 0 heterocycles. The number of hydrogen-bond acceptors (Lipinski definition) is 1. The molecule has 0 N–H and O–H groups in total. The van der Waals surface area contributed by atoms with Crippen LogP contribution in [0.3, 0.4) is 0 Å². The van der Waals surface area contributed by atoms with Crippen LogP contribution in [0.15, 0.2) is 42.5 Å². The SMILES string of the molecule is CCC1c2ccccc2-c2ccc(CN(C)C3CCCC3)cc21. The van der Waals surface area contributed by atoms with Crippen LogP contribution in [0.25, 0.3) is 11.1 Å². The summed E-state index contributed by atoms with van der Waals surface area (Å²) in [4.78, 5) is 2.57. The van der Waals surface area contributed by atoms with Crippen molar-refractivity contribution in [2.75, 3.05) is 7.05 Å². The van der Waals surface area contributed by atoms with Crippen LogP contribution in [0.5, 0.6) is 0 Å². The third-order valence-electron chi connectivity index (χ3n) is 5.91. The van der Waals surface area contributed by atoms with Crippen LogP contribution in [0, 0.1) is 0 Å². The van der Waals surface area contributed by atoms with Gasteiger partial charge in [-0.15, -0.1) is 0 Å². The standard InChI is InChI=1S/C22H27N/c1-3-18-19-10-6-7-11-20(19)21-13-12-16(14-22(18)21)15-23(2)17-8-4-5-9-17/h6-7,10-14,17-18H,3-5,8-9,15H2,1-2H3. The van der Waals surface area contributed by atoms with Crippen LogP contribution in [0.1, 0.15) is 61.6 Å². The predicted octanol–water partition coefficient (Wildman–Crippen LogP) is 5.58. The Bertz CT molecular complexity index is 697. The van der Waals surface area contributed by atoms with Crippen LogP contribution < -0.4 is 0 Å². The van der Waals surface area contributed by atoms with Crippen LogP contribution in [-0.4, -0.2) is 18.0 Å². The van der Waals surface area contributed by atoms with Crippen molar-refractivity contribution in [1.29, 1.82) is 0 Å². The monoisotopic (exact) mass is 305 g/mol. The summed E-state index contributed by atoms with van der Waals surface area (Å²) in [6.07, 6.45) is 6.76. The van der Waals surface area contributed by atoms with Gasteiger partial charge in [0.2, 0.25) is 0 Å². The lowest BCUT2D eigenvalue weighted by atomic mass is 9.93. The van der Waals surface area contributed by atoms with E-state index in [0.717, 1.165) is 12.6 Å². The number of rotatable bonds is 4. The summed E-state index contributed by atoms with van der Waals surface area (Å²) in [6, 6.07) is 16.9. The van der Waals surface area contributed by atoms with Crippen molar-refractivity contribution in [3.8, 4) is 11.1 Å². The van der Waals surface area contributed by atoms with E-state index in [4.69, 9.17) is 0 Å². The minimum absolute atomic E-state index is 0.581. The Hall–Kier alpha value is -1.60. The van der Waals surface area contributed by atoms with E-state index in [2.05, 4.69) is 61.3 Å². The van der Waals surface area contributed by atoms with Crippen LogP contribution in [-0.2, 0) is 6.54 Å². The molecule has 1 nitrogen and oxygen atoms in total. The second-order valence-corrected chi connectivity index (χ2v) is 7.32. The lowest BCUT2D eigenvalue weighted by molar-refractivity contribution is 0.237. The zero-order valence-corrected chi connectivity index (χ0v) is 14.4. The Morgan fingerprint density at radius 1 is 0.957 bits per heavy atom. The highest BCUT2D eigenvalue weighted by molar-refractivity contribution is 5.79. The van der Waals surface area contributed by atoms with Crippen molar-refractivity contribution >= 4 is 0 Å². The molecule has 4 rings (SSSR count). The van der Waals surface area contributed by atoms with Gasteiger partial charge in [0.1, 0.15) is 0 Å². The first-order chi connectivity index (χ1) is 11.3. The smallest absolute Gasteiger partial charge is 0.0233 e. The molecule has 1 heteroatoms. The number of nitrogens with zero attached hydrogens (tertiary/aromatic N) is 1. The van der Waals surface area contributed by atoms with Gasteiger partial charge in [-0.05, 0) is 54.1 Å². The molecule has 2 aliphatic rings. The Labute approximate surface area is 140 Å². The largest absolute Gasteiger partial charge is 0.299 e. The quantitative estimate of drug-likeness (QED) is 0.712. The molecular weight excluding hydrogens is 278 g/mol. The average Bonchev–Trinajstić information content (AvgIpc) is 3.20. The van der Waals surface area contributed by atoms with Gasteiger partial charge in [0.15, 0.2) is 0 Å². The highest BCUT2D eigenvalue weighted by atomic mass is 15.1. The minimum atomic E-state index is 0.581. The Morgan fingerprint density at radius 3 is 2.48 bits per heavy atom. The molecule has 2 aromatic rings. The number of fused-ring (bicyclic) bond motifs is 3. The third kappa shape index (κ3) is 2.61. The fourth-order valence-corrected chi connectivity index (χ4v) is 4.66. The molecule has 2 aliphatic carbocycles. The van der Waals surface area contributed by atoms with Crippen molar-refractivity contribution in [3.63, 3.8) is 0 Å². The predicted molar refractivity (Wildman–Crippen MR) is 97.7 cm³/mol. The fraction of sp³-hybridized carbons (Fsp3) is 0.455. The van der Waals surface area contributed by atoms with Gasteiger partial charge in [-0.25, -0.2) is 0 Å². The highest BCUT2D eigenvalue weighted by Crippen LogP contribution is 2.46. The van der Waals surface area contributed by atoms with Gasteiger partial charge in [-0.3, -0.25) is 4.90 Å². The maximum Gasteiger partial charge on any atom is 0.0233 e.